The second-order valence-electron chi connectivity index (χ2n) is 15.7. The molecule has 0 saturated heterocycles. The quantitative estimate of drug-likeness (QED) is 0.145. The van der Waals surface area contributed by atoms with Crippen LogP contribution in [-0.2, 0) is 43.8 Å². The molecule has 4 aromatic rings. The molecular weight excluding hydrogens is 845 g/mol. The van der Waals surface area contributed by atoms with Gasteiger partial charge in [-0.3, -0.25) is 8.61 Å². The number of nitrogens with zero attached hydrogens (tertiary/aromatic N) is 2. The lowest BCUT2D eigenvalue weighted by atomic mass is 10.1. The summed E-state index contributed by atoms with van der Waals surface area (Å²) in [6.45, 7) is 11.4. The number of sulfonamides is 2. The second-order valence-corrected chi connectivity index (χ2v) is 19.2. The second kappa shape index (κ2) is 19.7. The van der Waals surface area contributed by atoms with Crippen molar-refractivity contribution in [1.29, 1.82) is 0 Å². The van der Waals surface area contributed by atoms with Crippen LogP contribution < -0.4 is 27.6 Å². The summed E-state index contributed by atoms with van der Waals surface area (Å²) >= 11 is 0. The smallest absolute Gasteiger partial charge is 0.332 e. The molecule has 16 nitrogen and oxygen atoms in total. The van der Waals surface area contributed by atoms with Gasteiger partial charge in [0.1, 0.15) is 67.1 Å². The summed E-state index contributed by atoms with van der Waals surface area (Å²) < 4.78 is 96.1. The first-order valence-electron chi connectivity index (χ1n) is 19.6. The normalized spacial score (nSPS) is 16.1. The third kappa shape index (κ3) is 10.9. The highest BCUT2D eigenvalue weighted by Crippen LogP contribution is 2.41. The summed E-state index contributed by atoms with van der Waals surface area (Å²) in [4.78, 5) is 23.2. The summed E-state index contributed by atoms with van der Waals surface area (Å²) in [5.74, 6) is 0.420. The summed E-state index contributed by atoms with van der Waals surface area (Å²) in [6, 6.07) is 19.1. The number of carbonyl (C=O) groups excluding carboxylic acids is 1. The third-order valence-corrected chi connectivity index (χ3v) is 13.9. The van der Waals surface area contributed by atoms with Gasteiger partial charge in [-0.05, 0) is 119 Å². The SMILES string of the molecule is COc1cc(C)c(S(=O)(=O)N2c3ccccc3OCC2COCC(=O)O)c(C)c1.COc1cc(C)c(S(=O)(=O)N2c3ccccc3OCC2COCC(=O)OC(C)(C)C)c(C)c1. The highest BCUT2D eigenvalue weighted by atomic mass is 32.2. The first kappa shape index (κ1) is 47.5. The van der Waals surface area contributed by atoms with E-state index in [2.05, 4.69) is 0 Å². The van der Waals surface area contributed by atoms with Gasteiger partial charge < -0.3 is 38.3 Å². The maximum Gasteiger partial charge on any atom is 0.332 e. The molecule has 18 heteroatoms. The molecule has 2 aliphatic heterocycles. The number of para-hydroxylation sites is 4. The first-order valence-corrected chi connectivity index (χ1v) is 22.5. The number of rotatable bonds is 14. The highest BCUT2D eigenvalue weighted by molar-refractivity contribution is 7.93. The predicted molar refractivity (Wildman–Crippen MR) is 231 cm³/mol. The van der Waals surface area contributed by atoms with Crippen LogP contribution in [0.5, 0.6) is 23.0 Å². The van der Waals surface area contributed by atoms with E-state index in [9.17, 15) is 26.4 Å². The Bertz CT molecular complexity index is 2440. The molecule has 0 radical (unpaired) electrons. The molecule has 4 aromatic carbocycles. The van der Waals surface area contributed by atoms with E-state index in [1.54, 1.807) is 128 Å². The Morgan fingerprint density at radius 2 is 1.03 bits per heavy atom. The van der Waals surface area contributed by atoms with E-state index in [1.807, 2.05) is 0 Å². The molecule has 0 aliphatic carbocycles. The number of benzene rings is 4. The number of methoxy groups -OCH3 is 2. The first-order chi connectivity index (χ1) is 29.2. The number of anilines is 2. The molecule has 2 atom stereocenters. The van der Waals surface area contributed by atoms with Gasteiger partial charge >= 0.3 is 11.9 Å². The van der Waals surface area contributed by atoms with Crippen molar-refractivity contribution in [2.45, 2.75) is 75.9 Å². The van der Waals surface area contributed by atoms with Gasteiger partial charge in [0.05, 0.1) is 48.6 Å². The Labute approximate surface area is 363 Å². The van der Waals surface area contributed by atoms with Crippen LogP contribution in [0.25, 0.3) is 0 Å². The Balaban J connectivity index is 0.000000236. The molecule has 336 valence electrons. The van der Waals surface area contributed by atoms with Crippen molar-refractivity contribution in [1.82, 2.24) is 0 Å². The zero-order valence-electron chi connectivity index (χ0n) is 36.3. The zero-order valence-corrected chi connectivity index (χ0v) is 37.9. The van der Waals surface area contributed by atoms with Crippen LogP contribution in [0, 0.1) is 27.7 Å². The van der Waals surface area contributed by atoms with Crippen LogP contribution in [0.15, 0.2) is 82.6 Å². The molecule has 0 bridgehead atoms. The van der Waals surface area contributed by atoms with Crippen molar-refractivity contribution in [3.63, 3.8) is 0 Å². The van der Waals surface area contributed by atoms with E-state index in [0.29, 0.717) is 56.6 Å². The Morgan fingerprint density at radius 3 is 1.39 bits per heavy atom. The van der Waals surface area contributed by atoms with Crippen molar-refractivity contribution in [3.8, 4) is 23.0 Å². The Hall–Kier alpha value is -5.56. The fourth-order valence-corrected chi connectivity index (χ4v) is 11.4. The van der Waals surface area contributed by atoms with Crippen LogP contribution in [0.1, 0.15) is 43.0 Å². The molecule has 0 fully saturated rings. The summed E-state index contributed by atoms with van der Waals surface area (Å²) in [7, 11) is -4.92. The number of aliphatic carboxylic acids is 1. The van der Waals surface area contributed by atoms with Crippen molar-refractivity contribution in [2.24, 2.45) is 0 Å². The van der Waals surface area contributed by atoms with E-state index in [4.69, 9.17) is 38.3 Å². The summed E-state index contributed by atoms with van der Waals surface area (Å²) in [5, 5.41) is 8.83. The minimum absolute atomic E-state index is 0.0406. The van der Waals surface area contributed by atoms with Crippen molar-refractivity contribution in [2.75, 3.05) is 62.5 Å². The minimum Gasteiger partial charge on any atom is -0.497 e. The third-order valence-electron chi connectivity index (χ3n) is 9.59. The number of hydrogen-bond acceptors (Lipinski definition) is 13. The number of esters is 1. The van der Waals surface area contributed by atoms with Crippen molar-refractivity contribution < 1.29 is 64.7 Å². The van der Waals surface area contributed by atoms with Crippen molar-refractivity contribution in [3.05, 3.63) is 95.1 Å². The summed E-state index contributed by atoms with van der Waals surface area (Å²) in [5.41, 5.74) is 2.42. The largest absolute Gasteiger partial charge is 0.497 e. The van der Waals surface area contributed by atoms with E-state index in [-0.39, 0.29) is 42.8 Å². The lowest BCUT2D eigenvalue weighted by molar-refractivity contribution is -0.160. The van der Waals surface area contributed by atoms with Gasteiger partial charge in [-0.1, -0.05) is 24.3 Å². The van der Waals surface area contributed by atoms with Gasteiger partial charge in [0.25, 0.3) is 20.0 Å². The Kier molecular flexibility index (Phi) is 15.1. The van der Waals surface area contributed by atoms with E-state index in [0.717, 1.165) is 0 Å². The van der Waals surface area contributed by atoms with Gasteiger partial charge in [-0.25, -0.2) is 26.4 Å². The van der Waals surface area contributed by atoms with Gasteiger partial charge in [-0.2, -0.15) is 0 Å². The molecule has 0 aromatic heterocycles. The van der Waals surface area contributed by atoms with E-state index in [1.165, 1.54) is 15.7 Å². The zero-order chi connectivity index (χ0) is 45.6. The molecule has 2 aliphatic rings. The predicted octanol–water partition coefficient (Wildman–Crippen LogP) is 6.00. The lowest BCUT2D eigenvalue weighted by Crippen LogP contribution is -2.49. The Morgan fingerprint density at radius 1 is 0.661 bits per heavy atom. The topological polar surface area (TPSA) is 194 Å². The molecule has 2 unspecified atom stereocenters. The maximum absolute atomic E-state index is 14.0. The van der Waals surface area contributed by atoms with Crippen molar-refractivity contribution >= 4 is 43.4 Å². The van der Waals surface area contributed by atoms with Crippen LogP contribution in [0.4, 0.5) is 11.4 Å². The minimum atomic E-state index is -3.99. The number of aryl methyl sites for hydroxylation is 4. The van der Waals surface area contributed by atoms with Gasteiger partial charge in [-0.15, -0.1) is 0 Å². The van der Waals surface area contributed by atoms with Crippen LogP contribution in [-0.4, -0.2) is 105 Å². The molecule has 1 N–H and O–H groups in total. The molecule has 0 saturated carbocycles. The molecule has 0 spiro atoms. The van der Waals surface area contributed by atoms with E-state index >= 15 is 0 Å². The number of carboxylic acids is 1. The number of carboxylic acid groups (broad SMARTS) is 1. The molecule has 6 rings (SSSR count). The fourth-order valence-electron chi connectivity index (χ4n) is 7.31. The fraction of sp³-hybridized carbons (Fsp3) is 0.409. The number of fused-ring (bicyclic) bond motifs is 2. The molecular formula is C44H54N2O14S2. The monoisotopic (exact) mass is 898 g/mol. The van der Waals surface area contributed by atoms with E-state index < -0.39 is 56.3 Å². The molecule has 0 amide bonds. The summed E-state index contributed by atoms with van der Waals surface area (Å²) in [6.07, 6.45) is 0. The number of hydrogen-bond donors (Lipinski definition) is 1. The number of carbonyl (C=O) groups is 2. The molecule has 2 heterocycles. The molecule has 62 heavy (non-hydrogen) atoms. The maximum atomic E-state index is 14.0. The standard InChI is InChI=1S/C24H31NO7S.C20H23NO7S/c1-16-11-19(29-6)12-17(2)23(16)33(27,28)25-18(13-30-15-22(26)32-24(3,4)5)14-31-21-10-8-7-9-20(21)25;1-13-8-16(26-3)9-14(2)20(13)29(24,25)21-15(10-27-12-19(22)23)11-28-18-7-5-4-6-17(18)21/h7-12,18H,13-15H2,1-6H3;4-9,15H,10-12H2,1-3H3,(H,22,23). The average Bonchev–Trinajstić information content (AvgIpc) is 3.19. The highest BCUT2D eigenvalue weighted by Gasteiger charge is 2.40. The average molecular weight is 899 g/mol. The van der Waals surface area contributed by atoms with Crippen LogP contribution in [0.3, 0.4) is 0 Å². The van der Waals surface area contributed by atoms with Gasteiger partial charge in [0, 0.05) is 0 Å². The lowest BCUT2D eigenvalue weighted by Gasteiger charge is -2.37. The number of ether oxygens (including phenoxy) is 7. The van der Waals surface area contributed by atoms with Gasteiger partial charge in [0.2, 0.25) is 0 Å². The van der Waals surface area contributed by atoms with Gasteiger partial charge in [0.15, 0.2) is 0 Å². The van der Waals surface area contributed by atoms with Crippen LogP contribution >= 0.6 is 0 Å². The van der Waals surface area contributed by atoms with Crippen LogP contribution in [0.2, 0.25) is 0 Å².